The van der Waals surface area contributed by atoms with Crippen LogP contribution in [-0.4, -0.2) is 30.1 Å². The Balaban J connectivity index is 2.07. The van der Waals surface area contributed by atoms with Gasteiger partial charge in [-0.05, 0) is 37.0 Å². The van der Waals surface area contributed by atoms with Crippen molar-refractivity contribution in [2.75, 3.05) is 23.0 Å². The first-order valence-electron chi connectivity index (χ1n) is 6.46. The molecule has 0 saturated carbocycles. The molecule has 1 aliphatic rings. The number of hydrogen-bond acceptors (Lipinski definition) is 4. The van der Waals surface area contributed by atoms with E-state index in [2.05, 4.69) is 48.0 Å². The molecule has 1 aromatic carbocycles. The van der Waals surface area contributed by atoms with Crippen molar-refractivity contribution in [1.82, 2.24) is 0 Å². The smallest absolute Gasteiger partial charge is 0.196 e. The molecule has 0 saturated heterocycles. The van der Waals surface area contributed by atoms with Crippen molar-refractivity contribution < 1.29 is 0 Å². The summed E-state index contributed by atoms with van der Waals surface area (Å²) in [5.41, 5.74) is 8.44. The van der Waals surface area contributed by atoms with E-state index in [-0.39, 0.29) is 0 Å². The minimum absolute atomic E-state index is 0.423. The van der Waals surface area contributed by atoms with Gasteiger partial charge in [0.25, 0.3) is 0 Å². The van der Waals surface area contributed by atoms with Crippen LogP contribution in [0.3, 0.4) is 0 Å². The summed E-state index contributed by atoms with van der Waals surface area (Å²) in [5, 5.41) is 0. The van der Waals surface area contributed by atoms with Crippen LogP contribution in [0.25, 0.3) is 0 Å². The van der Waals surface area contributed by atoms with E-state index in [9.17, 15) is 0 Å². The molecule has 0 amide bonds. The molecule has 1 aliphatic heterocycles. The van der Waals surface area contributed by atoms with E-state index in [4.69, 9.17) is 5.73 Å². The number of nitrogens with two attached hydrogens (primary N) is 1. The molecule has 1 heterocycles. The van der Waals surface area contributed by atoms with Gasteiger partial charge in [0.1, 0.15) is 0 Å². The molecule has 2 rings (SSSR count). The Kier molecular flexibility index (Phi) is 4.53. The van der Waals surface area contributed by atoms with Gasteiger partial charge in [-0.2, -0.15) is 11.8 Å². The van der Waals surface area contributed by atoms with Crippen LogP contribution in [0.2, 0.25) is 0 Å². The van der Waals surface area contributed by atoms with Crippen LogP contribution in [0.1, 0.15) is 18.9 Å². The van der Waals surface area contributed by atoms with E-state index in [1.165, 1.54) is 17.1 Å². The second-order valence-corrected chi connectivity index (χ2v) is 5.94. The van der Waals surface area contributed by atoms with Crippen LogP contribution in [0.5, 0.6) is 0 Å². The quantitative estimate of drug-likeness (QED) is 0.830. The summed E-state index contributed by atoms with van der Waals surface area (Å²) in [4.78, 5) is 6.56. The number of thioether (sulfide) groups is 1. The molecule has 0 bridgehead atoms. The zero-order chi connectivity index (χ0) is 13.0. The summed E-state index contributed by atoms with van der Waals surface area (Å²) in [6.07, 6.45) is 1.14. The fraction of sp³-hybridized carbons (Fsp3) is 0.500. The summed E-state index contributed by atoms with van der Waals surface area (Å²) in [5.74, 6) is 3.00. The second kappa shape index (κ2) is 6.14. The van der Waals surface area contributed by atoms with Gasteiger partial charge in [0, 0.05) is 5.69 Å². The predicted molar refractivity (Wildman–Crippen MR) is 81.6 cm³/mol. The van der Waals surface area contributed by atoms with Crippen LogP contribution < -0.4 is 10.6 Å². The van der Waals surface area contributed by atoms with Crippen molar-refractivity contribution in [3.63, 3.8) is 0 Å². The Bertz CT molecular complexity index is 414. The Morgan fingerprint density at radius 3 is 2.78 bits per heavy atom. The summed E-state index contributed by atoms with van der Waals surface area (Å²) in [6, 6.07) is 8.93. The van der Waals surface area contributed by atoms with E-state index in [0.29, 0.717) is 12.0 Å². The predicted octanol–water partition coefficient (Wildman–Crippen LogP) is 2.64. The van der Waals surface area contributed by atoms with E-state index < -0.39 is 0 Å². The molecule has 3 nitrogen and oxygen atoms in total. The molecule has 0 aliphatic carbocycles. The SMILES string of the molecule is CCSCCC1CN=C(N)N1c1ccc(C)cc1. The topological polar surface area (TPSA) is 41.6 Å². The number of hydrogen-bond donors (Lipinski definition) is 1. The van der Waals surface area contributed by atoms with Gasteiger partial charge in [-0.1, -0.05) is 24.6 Å². The number of aryl methyl sites for hydroxylation is 1. The Labute approximate surface area is 113 Å². The van der Waals surface area contributed by atoms with Gasteiger partial charge in [0.15, 0.2) is 5.96 Å². The van der Waals surface area contributed by atoms with Crippen molar-refractivity contribution in [3.8, 4) is 0 Å². The largest absolute Gasteiger partial charge is 0.370 e. The number of benzene rings is 1. The third-order valence-corrected chi connectivity index (χ3v) is 4.12. The molecular formula is C14H21N3S. The molecule has 0 radical (unpaired) electrons. The van der Waals surface area contributed by atoms with Gasteiger partial charge < -0.3 is 10.6 Å². The van der Waals surface area contributed by atoms with E-state index in [1.807, 2.05) is 11.8 Å². The van der Waals surface area contributed by atoms with Gasteiger partial charge in [-0.25, -0.2) is 0 Å². The molecule has 2 N–H and O–H groups in total. The molecular weight excluding hydrogens is 242 g/mol. The molecule has 98 valence electrons. The van der Waals surface area contributed by atoms with Crippen LogP contribution in [0.4, 0.5) is 5.69 Å². The molecule has 1 unspecified atom stereocenters. The highest BCUT2D eigenvalue weighted by atomic mass is 32.2. The van der Waals surface area contributed by atoms with Crippen molar-refractivity contribution in [2.24, 2.45) is 10.7 Å². The fourth-order valence-electron chi connectivity index (χ4n) is 2.18. The van der Waals surface area contributed by atoms with E-state index in [0.717, 1.165) is 18.7 Å². The highest BCUT2D eigenvalue weighted by Crippen LogP contribution is 2.23. The molecule has 0 fully saturated rings. The first-order chi connectivity index (χ1) is 8.72. The average molecular weight is 263 g/mol. The highest BCUT2D eigenvalue weighted by molar-refractivity contribution is 7.99. The minimum Gasteiger partial charge on any atom is -0.370 e. The van der Waals surface area contributed by atoms with Crippen LogP contribution in [0.15, 0.2) is 29.3 Å². The van der Waals surface area contributed by atoms with Gasteiger partial charge >= 0.3 is 0 Å². The van der Waals surface area contributed by atoms with Crippen molar-refractivity contribution in [1.29, 1.82) is 0 Å². The maximum Gasteiger partial charge on any atom is 0.196 e. The first-order valence-corrected chi connectivity index (χ1v) is 7.61. The van der Waals surface area contributed by atoms with E-state index >= 15 is 0 Å². The normalized spacial score (nSPS) is 19.1. The van der Waals surface area contributed by atoms with Gasteiger partial charge in [-0.3, -0.25) is 4.99 Å². The Morgan fingerprint density at radius 1 is 1.39 bits per heavy atom. The maximum atomic E-state index is 6.01. The monoisotopic (exact) mass is 263 g/mol. The molecule has 1 aromatic rings. The van der Waals surface area contributed by atoms with Gasteiger partial charge in [-0.15, -0.1) is 0 Å². The summed E-state index contributed by atoms with van der Waals surface area (Å²) in [6.45, 7) is 5.12. The Hall–Kier alpha value is -1.16. The fourth-order valence-corrected chi connectivity index (χ4v) is 2.90. The molecule has 4 heteroatoms. The lowest BCUT2D eigenvalue weighted by molar-refractivity contribution is 0.690. The number of nitrogens with zero attached hydrogens (tertiary/aromatic N) is 2. The lowest BCUT2D eigenvalue weighted by Gasteiger charge is -2.26. The van der Waals surface area contributed by atoms with Crippen molar-refractivity contribution in [3.05, 3.63) is 29.8 Å². The highest BCUT2D eigenvalue weighted by Gasteiger charge is 2.26. The third-order valence-electron chi connectivity index (χ3n) is 3.19. The average Bonchev–Trinajstić information content (AvgIpc) is 2.72. The molecule has 18 heavy (non-hydrogen) atoms. The van der Waals surface area contributed by atoms with Crippen LogP contribution >= 0.6 is 11.8 Å². The summed E-state index contributed by atoms with van der Waals surface area (Å²) >= 11 is 1.98. The lowest BCUT2D eigenvalue weighted by atomic mass is 10.1. The van der Waals surface area contributed by atoms with E-state index in [1.54, 1.807) is 0 Å². The Morgan fingerprint density at radius 2 is 2.11 bits per heavy atom. The lowest BCUT2D eigenvalue weighted by Crippen LogP contribution is -2.41. The maximum absolute atomic E-state index is 6.01. The number of aliphatic imine (C=N–C) groups is 1. The summed E-state index contributed by atoms with van der Waals surface area (Å²) < 4.78 is 0. The zero-order valence-corrected chi connectivity index (χ0v) is 11.9. The first kappa shape index (κ1) is 13.3. The molecule has 1 atom stereocenters. The summed E-state index contributed by atoms with van der Waals surface area (Å²) in [7, 11) is 0. The third kappa shape index (κ3) is 2.99. The zero-order valence-electron chi connectivity index (χ0n) is 11.1. The molecule has 0 aromatic heterocycles. The number of anilines is 1. The van der Waals surface area contributed by atoms with Crippen molar-refractivity contribution >= 4 is 23.4 Å². The van der Waals surface area contributed by atoms with Crippen LogP contribution in [-0.2, 0) is 0 Å². The van der Waals surface area contributed by atoms with Crippen LogP contribution in [0, 0.1) is 6.92 Å². The van der Waals surface area contributed by atoms with Crippen molar-refractivity contribution in [2.45, 2.75) is 26.3 Å². The molecule has 0 spiro atoms. The second-order valence-electron chi connectivity index (χ2n) is 4.54. The van der Waals surface area contributed by atoms with Gasteiger partial charge in [0.2, 0.25) is 0 Å². The minimum atomic E-state index is 0.423. The standard InChI is InChI=1S/C14H21N3S/c1-3-18-9-8-13-10-16-14(15)17(13)12-6-4-11(2)5-7-12/h4-7,13H,3,8-10H2,1-2H3,(H2,15,16). The number of rotatable bonds is 5. The number of guanidine groups is 1. The van der Waals surface area contributed by atoms with Gasteiger partial charge in [0.05, 0.1) is 12.6 Å².